The molecular weight excluding hydrogens is 300 g/mol. The maximum absolute atomic E-state index is 12.2. The van der Waals surface area contributed by atoms with Crippen LogP contribution in [0, 0.1) is 0 Å². The molecule has 2 aliphatic rings. The van der Waals surface area contributed by atoms with E-state index < -0.39 is 0 Å². The van der Waals surface area contributed by atoms with Crippen molar-refractivity contribution >= 4 is 28.2 Å². The zero-order chi connectivity index (χ0) is 15.5. The van der Waals surface area contributed by atoms with Crippen molar-refractivity contribution < 1.29 is 19.2 Å². The molecule has 0 atom stereocenters. The first-order valence-electron chi connectivity index (χ1n) is 8.11. The Bertz CT molecular complexity index is 560. The number of quaternary nitrogens is 1. The summed E-state index contributed by atoms with van der Waals surface area (Å²) in [5.41, 5.74) is 1.63. The van der Waals surface area contributed by atoms with Gasteiger partial charge < -0.3 is 15.0 Å². The molecule has 0 spiro atoms. The van der Waals surface area contributed by atoms with E-state index in [1.165, 1.54) is 29.1 Å². The number of thiophene rings is 1. The van der Waals surface area contributed by atoms with Crippen molar-refractivity contribution in [1.82, 2.24) is 0 Å². The Labute approximate surface area is 134 Å². The molecular formula is C16H23N2O3S+. The highest BCUT2D eigenvalue weighted by Crippen LogP contribution is 2.46. The minimum Gasteiger partial charge on any atom is -0.462 e. The Balaban J connectivity index is 1.71. The lowest BCUT2D eigenvalue weighted by Crippen LogP contribution is -3.11. The molecule has 5 nitrogen and oxygen atoms in total. The van der Waals surface area contributed by atoms with Gasteiger partial charge in [0.25, 0.3) is 5.91 Å². The number of ether oxygens (including phenoxy) is 1. The summed E-state index contributed by atoms with van der Waals surface area (Å²) in [4.78, 5) is 25.8. The van der Waals surface area contributed by atoms with Crippen molar-refractivity contribution in [3.63, 3.8) is 0 Å². The highest BCUT2D eigenvalue weighted by molar-refractivity contribution is 7.15. The molecule has 1 aliphatic heterocycles. The van der Waals surface area contributed by atoms with Gasteiger partial charge in [0.05, 0.1) is 25.3 Å². The third-order valence-corrected chi connectivity index (χ3v) is 5.20. The first kappa shape index (κ1) is 15.5. The Morgan fingerprint density at radius 3 is 2.73 bits per heavy atom. The van der Waals surface area contributed by atoms with Crippen LogP contribution in [0.25, 0.3) is 0 Å². The zero-order valence-electron chi connectivity index (χ0n) is 12.9. The van der Waals surface area contributed by atoms with Crippen LogP contribution in [0.1, 0.15) is 54.4 Å². The van der Waals surface area contributed by atoms with Crippen LogP contribution in [0.15, 0.2) is 5.38 Å². The molecule has 1 saturated heterocycles. The zero-order valence-corrected chi connectivity index (χ0v) is 13.8. The van der Waals surface area contributed by atoms with Crippen LogP contribution in [-0.2, 0) is 9.53 Å². The molecule has 1 amide bonds. The van der Waals surface area contributed by atoms with Crippen molar-refractivity contribution in [3.05, 3.63) is 16.5 Å². The van der Waals surface area contributed by atoms with Gasteiger partial charge in [-0.25, -0.2) is 4.79 Å². The molecule has 2 heterocycles. The van der Waals surface area contributed by atoms with Gasteiger partial charge in [-0.05, 0) is 36.6 Å². The summed E-state index contributed by atoms with van der Waals surface area (Å²) in [7, 11) is 0. The summed E-state index contributed by atoms with van der Waals surface area (Å²) >= 11 is 1.44. The Kier molecular flexibility index (Phi) is 4.78. The molecule has 1 aromatic heterocycles. The van der Waals surface area contributed by atoms with Gasteiger partial charge in [-0.15, -0.1) is 11.3 Å². The van der Waals surface area contributed by atoms with Gasteiger partial charge in [0.15, 0.2) is 6.54 Å². The van der Waals surface area contributed by atoms with Crippen LogP contribution in [0.5, 0.6) is 0 Å². The van der Waals surface area contributed by atoms with E-state index in [1.54, 1.807) is 6.92 Å². The van der Waals surface area contributed by atoms with Crippen molar-refractivity contribution in [3.8, 4) is 0 Å². The number of anilines is 1. The maximum atomic E-state index is 12.2. The summed E-state index contributed by atoms with van der Waals surface area (Å²) in [6.45, 7) is 4.77. The topological polar surface area (TPSA) is 59.8 Å². The molecule has 0 radical (unpaired) electrons. The SMILES string of the molecule is CCOC(=O)c1c(C2CC2)csc1NC(=O)C[NH+]1CCCC1. The molecule has 6 heteroatoms. The van der Waals surface area contributed by atoms with E-state index in [9.17, 15) is 9.59 Å². The summed E-state index contributed by atoms with van der Waals surface area (Å²) in [5.74, 6) is 0.145. The molecule has 22 heavy (non-hydrogen) atoms. The molecule has 1 aliphatic carbocycles. The Morgan fingerprint density at radius 1 is 1.36 bits per heavy atom. The van der Waals surface area contributed by atoms with Gasteiger partial charge in [-0.2, -0.15) is 0 Å². The van der Waals surface area contributed by atoms with Gasteiger partial charge >= 0.3 is 5.97 Å². The molecule has 120 valence electrons. The van der Waals surface area contributed by atoms with Gasteiger partial charge in [0, 0.05) is 12.8 Å². The normalized spacial score (nSPS) is 18.4. The molecule has 0 bridgehead atoms. The predicted octanol–water partition coefficient (Wildman–Crippen LogP) is 1.42. The number of likely N-dealkylation sites (tertiary alicyclic amines) is 1. The first-order valence-corrected chi connectivity index (χ1v) is 8.99. The number of nitrogens with one attached hydrogen (secondary N) is 2. The second-order valence-electron chi connectivity index (χ2n) is 6.07. The highest BCUT2D eigenvalue weighted by atomic mass is 32.1. The third-order valence-electron chi connectivity index (χ3n) is 4.29. The van der Waals surface area contributed by atoms with Crippen LogP contribution >= 0.6 is 11.3 Å². The highest BCUT2D eigenvalue weighted by Gasteiger charge is 2.32. The maximum Gasteiger partial charge on any atom is 0.341 e. The average molecular weight is 323 g/mol. The molecule has 0 aromatic carbocycles. The van der Waals surface area contributed by atoms with E-state index in [-0.39, 0.29) is 11.9 Å². The molecule has 1 aromatic rings. The average Bonchev–Trinajstić information content (AvgIpc) is 3.04. The number of hydrogen-bond acceptors (Lipinski definition) is 4. The Hall–Kier alpha value is -1.40. The monoisotopic (exact) mass is 323 g/mol. The summed E-state index contributed by atoms with van der Waals surface area (Å²) in [6.07, 6.45) is 4.63. The molecule has 0 unspecified atom stereocenters. The summed E-state index contributed by atoms with van der Waals surface area (Å²) in [5, 5.41) is 5.60. The first-order chi connectivity index (χ1) is 10.7. The fourth-order valence-corrected chi connectivity index (χ4v) is 4.07. The molecule has 1 saturated carbocycles. The van der Waals surface area contributed by atoms with E-state index in [1.807, 2.05) is 5.38 Å². The van der Waals surface area contributed by atoms with Gasteiger partial charge in [0.2, 0.25) is 0 Å². The predicted molar refractivity (Wildman–Crippen MR) is 85.7 cm³/mol. The van der Waals surface area contributed by atoms with Crippen molar-refractivity contribution in [2.45, 2.75) is 38.5 Å². The van der Waals surface area contributed by atoms with Crippen LogP contribution in [-0.4, -0.2) is 38.1 Å². The van der Waals surface area contributed by atoms with Crippen LogP contribution in [0.2, 0.25) is 0 Å². The van der Waals surface area contributed by atoms with E-state index in [4.69, 9.17) is 4.74 Å². The lowest BCUT2D eigenvalue weighted by atomic mass is 10.1. The van der Waals surface area contributed by atoms with Gasteiger partial charge in [-0.1, -0.05) is 0 Å². The number of amides is 1. The van der Waals surface area contributed by atoms with Crippen LogP contribution < -0.4 is 10.2 Å². The number of carbonyl (C=O) groups excluding carboxylic acids is 2. The lowest BCUT2D eigenvalue weighted by molar-refractivity contribution is -0.878. The number of rotatable bonds is 6. The van der Waals surface area contributed by atoms with E-state index in [0.29, 0.717) is 29.6 Å². The lowest BCUT2D eigenvalue weighted by Gasteiger charge is -2.12. The van der Waals surface area contributed by atoms with Crippen LogP contribution in [0.3, 0.4) is 0 Å². The quantitative estimate of drug-likeness (QED) is 0.779. The number of esters is 1. The van der Waals surface area contributed by atoms with E-state index >= 15 is 0 Å². The van der Waals surface area contributed by atoms with E-state index in [2.05, 4.69) is 5.32 Å². The van der Waals surface area contributed by atoms with Crippen molar-refractivity contribution in [2.24, 2.45) is 0 Å². The standard InChI is InChI=1S/C16H22N2O3S/c1-2-21-16(20)14-12(11-5-6-11)10-22-15(14)17-13(19)9-18-7-3-4-8-18/h10-11H,2-9H2,1H3,(H,17,19)/p+1. The van der Waals surface area contributed by atoms with Gasteiger partial charge in [-0.3, -0.25) is 4.79 Å². The smallest absolute Gasteiger partial charge is 0.341 e. The molecule has 3 rings (SSSR count). The summed E-state index contributed by atoms with van der Waals surface area (Å²) < 4.78 is 5.17. The fourth-order valence-electron chi connectivity index (χ4n) is 3.02. The molecule has 2 N–H and O–H groups in total. The second-order valence-corrected chi connectivity index (χ2v) is 6.95. The van der Waals surface area contributed by atoms with Crippen molar-refractivity contribution in [1.29, 1.82) is 0 Å². The minimum absolute atomic E-state index is 0.00774. The summed E-state index contributed by atoms with van der Waals surface area (Å²) in [6, 6.07) is 0. The molecule has 2 fully saturated rings. The third kappa shape index (κ3) is 3.50. The Morgan fingerprint density at radius 2 is 2.09 bits per heavy atom. The van der Waals surface area contributed by atoms with Crippen LogP contribution in [0.4, 0.5) is 5.00 Å². The largest absolute Gasteiger partial charge is 0.462 e. The minimum atomic E-state index is -0.311. The fraction of sp³-hybridized carbons (Fsp3) is 0.625. The number of hydrogen-bond donors (Lipinski definition) is 2. The van der Waals surface area contributed by atoms with Gasteiger partial charge in [0.1, 0.15) is 5.00 Å². The van der Waals surface area contributed by atoms with Crippen molar-refractivity contribution in [2.75, 3.05) is 31.6 Å². The number of carbonyl (C=O) groups is 2. The second kappa shape index (κ2) is 6.79. The van der Waals surface area contributed by atoms with E-state index in [0.717, 1.165) is 31.5 Å².